The Morgan fingerprint density at radius 1 is 1.29 bits per heavy atom. The van der Waals surface area contributed by atoms with Crippen LogP contribution in [-0.4, -0.2) is 21.3 Å². The van der Waals surface area contributed by atoms with E-state index >= 15 is 0 Å². The summed E-state index contributed by atoms with van der Waals surface area (Å²) >= 11 is 0. The van der Waals surface area contributed by atoms with Crippen LogP contribution in [-0.2, 0) is 6.54 Å². The molecule has 5 nitrogen and oxygen atoms in total. The zero-order valence-electron chi connectivity index (χ0n) is 11.1. The monoisotopic (exact) mass is 238 g/mol. The summed E-state index contributed by atoms with van der Waals surface area (Å²) in [5, 5.41) is 14.7. The Labute approximate surface area is 102 Å². The lowest BCUT2D eigenvalue weighted by atomic mass is 9.79. The van der Waals surface area contributed by atoms with E-state index in [0.29, 0.717) is 18.5 Å². The Balaban J connectivity index is 1.87. The highest BCUT2D eigenvalue weighted by atomic mass is 16.4. The van der Waals surface area contributed by atoms with Crippen molar-refractivity contribution < 1.29 is 4.42 Å². The molecule has 1 aromatic heterocycles. The van der Waals surface area contributed by atoms with Crippen molar-refractivity contribution in [2.45, 2.75) is 64.6 Å². The van der Waals surface area contributed by atoms with Crippen LogP contribution in [0.5, 0.6) is 0 Å². The molecule has 0 aliphatic heterocycles. The smallest absolute Gasteiger partial charge is 0.315 e. The second-order valence-electron chi connectivity index (χ2n) is 6.14. The van der Waals surface area contributed by atoms with Gasteiger partial charge >= 0.3 is 6.01 Å². The van der Waals surface area contributed by atoms with E-state index in [1.165, 1.54) is 19.3 Å². The summed E-state index contributed by atoms with van der Waals surface area (Å²) in [6.07, 6.45) is 3.62. The van der Waals surface area contributed by atoms with Crippen LogP contribution in [0, 0.1) is 0 Å². The number of rotatable bonds is 4. The summed E-state index contributed by atoms with van der Waals surface area (Å²) in [6.45, 7) is 9.12. The van der Waals surface area contributed by atoms with Gasteiger partial charge in [0.05, 0.1) is 6.54 Å². The van der Waals surface area contributed by atoms with Gasteiger partial charge in [0, 0.05) is 11.1 Å². The van der Waals surface area contributed by atoms with Crippen LogP contribution in [0.25, 0.3) is 0 Å². The molecule has 0 bridgehead atoms. The molecule has 2 rings (SSSR count). The molecule has 96 valence electrons. The van der Waals surface area contributed by atoms with Crippen molar-refractivity contribution in [3.63, 3.8) is 0 Å². The van der Waals surface area contributed by atoms with Crippen molar-refractivity contribution in [3.8, 4) is 0 Å². The van der Waals surface area contributed by atoms with Crippen molar-refractivity contribution in [1.29, 1.82) is 0 Å². The topological polar surface area (TPSA) is 63.0 Å². The molecule has 0 saturated heterocycles. The van der Waals surface area contributed by atoms with Gasteiger partial charge in [0.1, 0.15) is 0 Å². The molecule has 1 heterocycles. The fourth-order valence-electron chi connectivity index (χ4n) is 1.81. The van der Waals surface area contributed by atoms with Crippen molar-refractivity contribution >= 4 is 6.01 Å². The summed E-state index contributed by atoms with van der Waals surface area (Å²) in [6, 6.07) is 0.540. The van der Waals surface area contributed by atoms with Gasteiger partial charge in [-0.25, -0.2) is 0 Å². The van der Waals surface area contributed by atoms with E-state index in [-0.39, 0.29) is 11.1 Å². The number of hydrogen-bond acceptors (Lipinski definition) is 5. The minimum absolute atomic E-state index is 0.0576. The Morgan fingerprint density at radius 2 is 2.00 bits per heavy atom. The molecule has 1 fully saturated rings. The van der Waals surface area contributed by atoms with Crippen LogP contribution in [0.15, 0.2) is 4.42 Å². The van der Waals surface area contributed by atoms with Gasteiger partial charge in [0.2, 0.25) is 5.89 Å². The molecule has 1 aromatic rings. The number of nitrogens with zero attached hydrogens (tertiary/aromatic N) is 2. The lowest BCUT2D eigenvalue weighted by Gasteiger charge is -2.38. The maximum Gasteiger partial charge on any atom is 0.315 e. The maximum absolute atomic E-state index is 5.55. The molecule has 0 unspecified atom stereocenters. The van der Waals surface area contributed by atoms with E-state index in [1.807, 2.05) is 0 Å². The van der Waals surface area contributed by atoms with Crippen LogP contribution < -0.4 is 10.6 Å². The summed E-state index contributed by atoms with van der Waals surface area (Å²) in [5.41, 5.74) is 0.212. The SMILES string of the molecule is CC(C)(C)NCc1nnc(NC2(C)CCC2)o1. The fraction of sp³-hybridized carbons (Fsp3) is 0.833. The fourth-order valence-corrected chi connectivity index (χ4v) is 1.81. The summed E-state index contributed by atoms with van der Waals surface area (Å²) in [7, 11) is 0. The van der Waals surface area contributed by atoms with Crippen LogP contribution in [0.1, 0.15) is 52.8 Å². The average Bonchev–Trinajstić information content (AvgIpc) is 2.59. The van der Waals surface area contributed by atoms with Crippen molar-refractivity contribution in [1.82, 2.24) is 15.5 Å². The molecule has 5 heteroatoms. The number of anilines is 1. The Bertz CT molecular complexity index is 376. The minimum atomic E-state index is 0.0576. The van der Waals surface area contributed by atoms with E-state index in [1.54, 1.807) is 0 Å². The Morgan fingerprint density at radius 3 is 2.53 bits per heavy atom. The van der Waals surface area contributed by atoms with Gasteiger partial charge in [0.15, 0.2) is 0 Å². The largest absolute Gasteiger partial charge is 0.407 e. The predicted octanol–water partition coefficient (Wildman–Crippen LogP) is 2.31. The molecular weight excluding hydrogens is 216 g/mol. The lowest BCUT2D eigenvalue weighted by Crippen LogP contribution is -2.41. The van der Waals surface area contributed by atoms with Gasteiger partial charge in [-0.2, -0.15) is 0 Å². The molecule has 0 spiro atoms. The van der Waals surface area contributed by atoms with Gasteiger partial charge in [-0.05, 0) is 47.0 Å². The van der Waals surface area contributed by atoms with E-state index in [4.69, 9.17) is 4.42 Å². The van der Waals surface area contributed by atoms with Crippen molar-refractivity contribution in [3.05, 3.63) is 5.89 Å². The number of hydrogen-bond donors (Lipinski definition) is 2. The third-order valence-electron chi connectivity index (χ3n) is 3.10. The summed E-state index contributed by atoms with van der Waals surface area (Å²) in [4.78, 5) is 0. The molecule has 1 saturated carbocycles. The van der Waals surface area contributed by atoms with Crippen LogP contribution in [0.4, 0.5) is 6.01 Å². The van der Waals surface area contributed by atoms with Gasteiger partial charge < -0.3 is 15.1 Å². The van der Waals surface area contributed by atoms with Gasteiger partial charge in [-0.15, -0.1) is 5.10 Å². The van der Waals surface area contributed by atoms with Gasteiger partial charge in [0.25, 0.3) is 0 Å². The first kappa shape index (κ1) is 12.4. The minimum Gasteiger partial charge on any atom is -0.407 e. The molecule has 0 atom stereocenters. The van der Waals surface area contributed by atoms with Gasteiger partial charge in [-0.3, -0.25) is 0 Å². The molecule has 0 amide bonds. The number of nitrogens with one attached hydrogen (secondary N) is 2. The Kier molecular flexibility index (Phi) is 3.12. The molecule has 2 N–H and O–H groups in total. The highest BCUT2D eigenvalue weighted by Gasteiger charge is 2.33. The zero-order valence-corrected chi connectivity index (χ0v) is 11.1. The Hall–Kier alpha value is -1.10. The number of aromatic nitrogens is 2. The first-order valence-corrected chi connectivity index (χ1v) is 6.22. The second kappa shape index (κ2) is 4.29. The van der Waals surface area contributed by atoms with E-state index in [0.717, 1.165) is 0 Å². The van der Waals surface area contributed by atoms with E-state index in [9.17, 15) is 0 Å². The summed E-state index contributed by atoms with van der Waals surface area (Å²) < 4.78 is 5.55. The zero-order chi connectivity index (χ0) is 12.5. The normalized spacial score (nSPS) is 18.8. The highest BCUT2D eigenvalue weighted by Crippen LogP contribution is 2.34. The molecule has 17 heavy (non-hydrogen) atoms. The quantitative estimate of drug-likeness (QED) is 0.842. The lowest BCUT2D eigenvalue weighted by molar-refractivity contribution is 0.296. The van der Waals surface area contributed by atoms with Crippen molar-refractivity contribution in [2.24, 2.45) is 0 Å². The first-order chi connectivity index (χ1) is 7.86. The maximum atomic E-state index is 5.55. The summed E-state index contributed by atoms with van der Waals surface area (Å²) in [5.74, 6) is 0.630. The predicted molar refractivity (Wildman–Crippen MR) is 66.8 cm³/mol. The molecule has 1 aliphatic rings. The first-order valence-electron chi connectivity index (χ1n) is 6.22. The van der Waals surface area contributed by atoms with Gasteiger partial charge in [-0.1, -0.05) is 5.10 Å². The molecular formula is C12H22N4O. The van der Waals surface area contributed by atoms with Crippen molar-refractivity contribution in [2.75, 3.05) is 5.32 Å². The third kappa shape index (κ3) is 3.43. The van der Waals surface area contributed by atoms with Crippen LogP contribution >= 0.6 is 0 Å². The average molecular weight is 238 g/mol. The molecule has 0 aromatic carbocycles. The van der Waals surface area contributed by atoms with Crippen LogP contribution in [0.3, 0.4) is 0 Å². The molecule has 0 radical (unpaired) electrons. The van der Waals surface area contributed by atoms with Crippen LogP contribution in [0.2, 0.25) is 0 Å². The second-order valence-corrected chi connectivity index (χ2v) is 6.14. The standard InChI is InChI=1S/C12H22N4O/c1-11(2,3)13-8-9-15-16-10(17-9)14-12(4)6-5-7-12/h13H,5-8H2,1-4H3,(H,14,16). The van der Waals surface area contributed by atoms with E-state index < -0.39 is 0 Å². The van der Waals surface area contributed by atoms with E-state index in [2.05, 4.69) is 48.5 Å². The molecule has 1 aliphatic carbocycles. The highest BCUT2D eigenvalue weighted by molar-refractivity contribution is 5.25. The third-order valence-corrected chi connectivity index (χ3v) is 3.10.